The van der Waals surface area contributed by atoms with Crippen LogP contribution in [-0.2, 0) is 9.53 Å². The first-order chi connectivity index (χ1) is 9.70. The summed E-state index contributed by atoms with van der Waals surface area (Å²) in [5, 5.41) is -0.168. The van der Waals surface area contributed by atoms with Gasteiger partial charge in [-0.1, -0.05) is 54.6 Å². The third-order valence-corrected chi connectivity index (χ3v) is 3.68. The Kier molecular flexibility index (Phi) is 5.19. The van der Waals surface area contributed by atoms with Crippen molar-refractivity contribution in [2.24, 2.45) is 0 Å². The minimum absolute atomic E-state index is 0.168. The lowest BCUT2D eigenvalue weighted by molar-refractivity contribution is -0.140. The molecule has 0 heterocycles. The van der Waals surface area contributed by atoms with Gasteiger partial charge >= 0.3 is 5.97 Å². The maximum absolute atomic E-state index is 11.1. The van der Waals surface area contributed by atoms with Crippen LogP contribution in [-0.4, -0.2) is 13.1 Å². The minimum atomic E-state index is -0.225. The van der Waals surface area contributed by atoms with Crippen LogP contribution in [0.15, 0.2) is 54.6 Å². The number of hydrogen-bond donors (Lipinski definition) is 0. The Morgan fingerprint density at radius 3 is 2.25 bits per heavy atom. The summed E-state index contributed by atoms with van der Waals surface area (Å²) < 4.78 is 4.62. The highest BCUT2D eigenvalue weighted by Gasteiger charge is 2.11. The molecular formula is C17H17ClO2. The van der Waals surface area contributed by atoms with E-state index in [4.69, 9.17) is 11.6 Å². The lowest BCUT2D eigenvalue weighted by Crippen LogP contribution is -2.02. The number of rotatable bonds is 5. The van der Waals surface area contributed by atoms with E-state index in [1.54, 1.807) is 0 Å². The van der Waals surface area contributed by atoms with Gasteiger partial charge in [0, 0.05) is 6.42 Å². The molecule has 2 aromatic carbocycles. The summed E-state index contributed by atoms with van der Waals surface area (Å²) >= 11 is 6.30. The van der Waals surface area contributed by atoms with Gasteiger partial charge in [0.1, 0.15) is 0 Å². The van der Waals surface area contributed by atoms with E-state index in [9.17, 15) is 4.79 Å². The molecule has 2 aromatic rings. The van der Waals surface area contributed by atoms with Gasteiger partial charge in [-0.2, -0.15) is 0 Å². The summed E-state index contributed by atoms with van der Waals surface area (Å²) in [6.07, 6.45) is 0.921. The lowest BCUT2D eigenvalue weighted by atomic mass is 10.0. The summed E-state index contributed by atoms with van der Waals surface area (Å²) in [5.74, 6) is -0.225. The second-order valence-corrected chi connectivity index (χ2v) is 5.10. The molecule has 0 amide bonds. The van der Waals surface area contributed by atoms with Gasteiger partial charge in [-0.15, -0.1) is 11.6 Å². The maximum atomic E-state index is 11.1. The molecule has 2 nitrogen and oxygen atoms in total. The van der Waals surface area contributed by atoms with Crippen LogP contribution < -0.4 is 0 Å². The molecule has 1 unspecified atom stereocenters. The lowest BCUT2D eigenvalue weighted by Gasteiger charge is -2.10. The Morgan fingerprint density at radius 2 is 1.65 bits per heavy atom. The van der Waals surface area contributed by atoms with E-state index < -0.39 is 0 Å². The van der Waals surface area contributed by atoms with Crippen LogP contribution in [0.5, 0.6) is 0 Å². The number of esters is 1. The number of carbonyl (C=O) groups excluding carboxylic acids is 1. The van der Waals surface area contributed by atoms with Gasteiger partial charge in [0.05, 0.1) is 12.5 Å². The fourth-order valence-electron chi connectivity index (χ4n) is 2.03. The quantitative estimate of drug-likeness (QED) is 0.594. The van der Waals surface area contributed by atoms with Crippen molar-refractivity contribution in [3.05, 3.63) is 60.2 Å². The average Bonchev–Trinajstić information content (AvgIpc) is 2.53. The predicted molar refractivity (Wildman–Crippen MR) is 81.7 cm³/mol. The highest BCUT2D eigenvalue weighted by Crippen LogP contribution is 2.28. The smallest absolute Gasteiger partial charge is 0.305 e. The van der Waals surface area contributed by atoms with Gasteiger partial charge in [0.25, 0.3) is 0 Å². The van der Waals surface area contributed by atoms with Crippen molar-refractivity contribution in [1.82, 2.24) is 0 Å². The molecule has 104 valence electrons. The minimum Gasteiger partial charge on any atom is -0.469 e. The highest BCUT2D eigenvalue weighted by molar-refractivity contribution is 6.20. The molecule has 20 heavy (non-hydrogen) atoms. The molecule has 2 rings (SSSR count). The second kappa shape index (κ2) is 7.11. The van der Waals surface area contributed by atoms with Crippen molar-refractivity contribution in [2.75, 3.05) is 7.11 Å². The van der Waals surface area contributed by atoms with Gasteiger partial charge in [0.15, 0.2) is 0 Å². The SMILES string of the molecule is COC(=O)CCC(Cl)c1ccc(-c2ccccc2)cc1. The van der Waals surface area contributed by atoms with E-state index in [-0.39, 0.29) is 11.3 Å². The molecule has 0 radical (unpaired) electrons. The van der Waals surface area contributed by atoms with Crippen LogP contribution >= 0.6 is 11.6 Å². The molecule has 0 aliphatic carbocycles. The molecule has 0 aliphatic rings. The Hall–Kier alpha value is -1.80. The largest absolute Gasteiger partial charge is 0.469 e. The van der Waals surface area contributed by atoms with Gasteiger partial charge in [-0.25, -0.2) is 0 Å². The summed E-state index contributed by atoms with van der Waals surface area (Å²) in [6.45, 7) is 0. The van der Waals surface area contributed by atoms with E-state index >= 15 is 0 Å². The first kappa shape index (κ1) is 14.6. The topological polar surface area (TPSA) is 26.3 Å². The van der Waals surface area contributed by atoms with Gasteiger partial charge in [0.2, 0.25) is 0 Å². The van der Waals surface area contributed by atoms with Crippen LogP contribution in [0.25, 0.3) is 11.1 Å². The normalized spacial score (nSPS) is 11.9. The zero-order valence-electron chi connectivity index (χ0n) is 11.4. The third kappa shape index (κ3) is 3.84. The maximum Gasteiger partial charge on any atom is 0.305 e. The molecule has 0 fully saturated rings. The summed E-state index contributed by atoms with van der Waals surface area (Å²) in [5.41, 5.74) is 3.36. The van der Waals surface area contributed by atoms with Crippen molar-refractivity contribution in [2.45, 2.75) is 18.2 Å². The zero-order valence-corrected chi connectivity index (χ0v) is 12.1. The van der Waals surface area contributed by atoms with Crippen LogP contribution in [0.2, 0.25) is 0 Å². The molecule has 0 N–H and O–H groups in total. The monoisotopic (exact) mass is 288 g/mol. The van der Waals surface area contributed by atoms with E-state index in [0.717, 1.165) is 11.1 Å². The van der Waals surface area contributed by atoms with E-state index in [1.165, 1.54) is 12.7 Å². The molecule has 1 atom stereocenters. The summed E-state index contributed by atoms with van der Waals surface area (Å²) in [4.78, 5) is 11.1. The van der Waals surface area contributed by atoms with Gasteiger partial charge in [-0.3, -0.25) is 4.79 Å². The standard InChI is InChI=1S/C17H17ClO2/c1-20-17(19)12-11-16(18)15-9-7-14(8-10-15)13-5-3-2-4-6-13/h2-10,16H,11-12H2,1H3. The molecule has 0 aromatic heterocycles. The molecule has 0 saturated carbocycles. The Morgan fingerprint density at radius 1 is 1.05 bits per heavy atom. The predicted octanol–water partition coefficient (Wildman–Crippen LogP) is 4.59. The van der Waals surface area contributed by atoms with E-state index in [1.807, 2.05) is 30.3 Å². The van der Waals surface area contributed by atoms with Crippen molar-refractivity contribution >= 4 is 17.6 Å². The molecule has 3 heteroatoms. The van der Waals surface area contributed by atoms with E-state index in [2.05, 4.69) is 29.0 Å². The number of carbonyl (C=O) groups is 1. The van der Waals surface area contributed by atoms with Crippen molar-refractivity contribution < 1.29 is 9.53 Å². The number of benzene rings is 2. The summed E-state index contributed by atoms with van der Waals surface area (Å²) in [7, 11) is 1.39. The fourth-order valence-corrected chi connectivity index (χ4v) is 2.28. The third-order valence-electron chi connectivity index (χ3n) is 3.21. The van der Waals surface area contributed by atoms with Crippen molar-refractivity contribution in [3.8, 4) is 11.1 Å². The van der Waals surface area contributed by atoms with Crippen LogP contribution in [0.4, 0.5) is 0 Å². The van der Waals surface area contributed by atoms with E-state index in [0.29, 0.717) is 12.8 Å². The van der Waals surface area contributed by atoms with Gasteiger partial charge < -0.3 is 4.74 Å². The fraction of sp³-hybridized carbons (Fsp3) is 0.235. The van der Waals surface area contributed by atoms with Crippen molar-refractivity contribution in [3.63, 3.8) is 0 Å². The Bertz CT molecular complexity index is 549. The summed E-state index contributed by atoms with van der Waals surface area (Å²) in [6, 6.07) is 18.3. The molecular weight excluding hydrogens is 272 g/mol. The molecule has 0 spiro atoms. The molecule has 0 saturated heterocycles. The molecule has 0 aliphatic heterocycles. The first-order valence-corrected chi connectivity index (χ1v) is 7.00. The Labute approximate surface area is 124 Å². The van der Waals surface area contributed by atoms with Crippen LogP contribution in [0.1, 0.15) is 23.8 Å². The second-order valence-electron chi connectivity index (χ2n) is 4.57. The number of alkyl halides is 1. The average molecular weight is 289 g/mol. The zero-order chi connectivity index (χ0) is 14.4. The molecule has 0 bridgehead atoms. The van der Waals surface area contributed by atoms with Crippen LogP contribution in [0.3, 0.4) is 0 Å². The van der Waals surface area contributed by atoms with Crippen LogP contribution in [0, 0.1) is 0 Å². The van der Waals surface area contributed by atoms with Gasteiger partial charge in [-0.05, 0) is 23.1 Å². The number of hydrogen-bond acceptors (Lipinski definition) is 2. The van der Waals surface area contributed by atoms with Crippen molar-refractivity contribution in [1.29, 1.82) is 0 Å². The number of halogens is 1. The first-order valence-electron chi connectivity index (χ1n) is 6.57. The Balaban J connectivity index is 2.03. The number of ether oxygens (including phenoxy) is 1. The highest BCUT2D eigenvalue weighted by atomic mass is 35.5. The number of methoxy groups -OCH3 is 1.